The maximum absolute atomic E-state index is 5.42. The summed E-state index contributed by atoms with van der Waals surface area (Å²) < 4.78 is 5.42. The van der Waals surface area contributed by atoms with Gasteiger partial charge in [0.25, 0.3) is 5.89 Å². The van der Waals surface area contributed by atoms with Crippen LogP contribution in [-0.4, -0.2) is 33.2 Å². The predicted octanol–water partition coefficient (Wildman–Crippen LogP) is 2.15. The van der Waals surface area contributed by atoms with Crippen molar-refractivity contribution in [3.63, 3.8) is 0 Å². The first kappa shape index (κ1) is 12.4. The number of aromatic nitrogens is 4. The Morgan fingerprint density at radius 3 is 2.71 bits per heavy atom. The zero-order valence-electron chi connectivity index (χ0n) is 11.5. The molecule has 6 nitrogen and oxygen atoms in total. The minimum atomic E-state index is 0.393. The molecule has 1 aliphatic heterocycles. The molecule has 0 atom stereocenters. The minimum Gasteiger partial charge on any atom is -0.334 e. The summed E-state index contributed by atoms with van der Waals surface area (Å²) in [6.45, 7) is 2.03. The van der Waals surface area contributed by atoms with Crippen LogP contribution in [0.15, 0.2) is 35.1 Å². The van der Waals surface area contributed by atoms with Crippen LogP contribution >= 0.6 is 0 Å². The fourth-order valence-electron chi connectivity index (χ4n) is 2.69. The summed E-state index contributed by atoms with van der Waals surface area (Å²) >= 11 is 0. The van der Waals surface area contributed by atoms with E-state index in [2.05, 4.69) is 25.4 Å². The highest BCUT2D eigenvalue weighted by atomic mass is 16.5. The number of piperidine rings is 1. The molecule has 0 aliphatic carbocycles. The van der Waals surface area contributed by atoms with Gasteiger partial charge in [0.1, 0.15) is 0 Å². The molecule has 0 bridgehead atoms. The molecule has 106 valence electrons. The quantitative estimate of drug-likeness (QED) is 0.775. The Hall–Kier alpha value is -2.34. The van der Waals surface area contributed by atoms with Crippen molar-refractivity contribution in [3.8, 4) is 11.5 Å². The van der Waals surface area contributed by atoms with Crippen molar-refractivity contribution >= 4 is 11.0 Å². The van der Waals surface area contributed by atoms with Gasteiger partial charge in [0.2, 0.25) is 0 Å². The fraction of sp³-hybridized carbons (Fsp3) is 0.333. The lowest BCUT2D eigenvalue weighted by Crippen LogP contribution is -2.27. The Kier molecular flexibility index (Phi) is 3.08. The first-order chi connectivity index (χ1) is 10.4. The zero-order valence-corrected chi connectivity index (χ0v) is 11.5. The Morgan fingerprint density at radius 1 is 1.05 bits per heavy atom. The molecule has 3 aromatic rings. The van der Waals surface area contributed by atoms with Gasteiger partial charge in [-0.05, 0) is 44.1 Å². The lowest BCUT2D eigenvalue weighted by Gasteiger charge is -2.18. The average molecular weight is 281 g/mol. The minimum absolute atomic E-state index is 0.393. The number of nitrogens with zero attached hydrogens (tertiary/aromatic N) is 4. The van der Waals surface area contributed by atoms with E-state index in [1.54, 1.807) is 12.4 Å². The Morgan fingerprint density at radius 2 is 1.86 bits per heavy atom. The number of hydrogen-bond donors (Lipinski definition) is 1. The first-order valence-electron chi connectivity index (χ1n) is 7.15. The van der Waals surface area contributed by atoms with Gasteiger partial charge in [-0.3, -0.25) is 9.97 Å². The smallest absolute Gasteiger partial charge is 0.258 e. The lowest BCUT2D eigenvalue weighted by atomic mass is 9.98. The van der Waals surface area contributed by atoms with E-state index in [4.69, 9.17) is 4.52 Å². The van der Waals surface area contributed by atoms with Crippen LogP contribution in [0.5, 0.6) is 0 Å². The third kappa shape index (κ3) is 2.38. The van der Waals surface area contributed by atoms with Gasteiger partial charge in [-0.1, -0.05) is 5.16 Å². The van der Waals surface area contributed by atoms with Crippen LogP contribution < -0.4 is 5.32 Å². The topological polar surface area (TPSA) is 76.7 Å². The normalized spacial score (nSPS) is 16.4. The molecule has 1 aliphatic rings. The highest BCUT2D eigenvalue weighted by Gasteiger charge is 2.21. The summed E-state index contributed by atoms with van der Waals surface area (Å²) in [4.78, 5) is 13.1. The molecule has 0 radical (unpaired) electrons. The van der Waals surface area contributed by atoms with E-state index in [0.29, 0.717) is 11.8 Å². The van der Waals surface area contributed by atoms with E-state index in [0.717, 1.165) is 48.4 Å². The van der Waals surface area contributed by atoms with Crippen molar-refractivity contribution in [3.05, 3.63) is 36.4 Å². The molecule has 1 saturated heterocycles. The maximum atomic E-state index is 5.42. The van der Waals surface area contributed by atoms with Gasteiger partial charge in [0, 0.05) is 23.9 Å². The molecule has 2 aromatic heterocycles. The second-order valence-electron chi connectivity index (χ2n) is 5.24. The van der Waals surface area contributed by atoms with Crippen molar-refractivity contribution in [1.29, 1.82) is 0 Å². The number of nitrogens with one attached hydrogen (secondary N) is 1. The third-order valence-electron chi connectivity index (χ3n) is 3.86. The molecule has 0 spiro atoms. The van der Waals surface area contributed by atoms with Gasteiger partial charge < -0.3 is 9.84 Å². The molecule has 4 rings (SSSR count). The second kappa shape index (κ2) is 5.21. The van der Waals surface area contributed by atoms with Gasteiger partial charge in [-0.25, -0.2) is 0 Å². The van der Waals surface area contributed by atoms with Crippen molar-refractivity contribution in [2.45, 2.75) is 18.8 Å². The molecule has 0 saturated carbocycles. The van der Waals surface area contributed by atoms with E-state index in [-0.39, 0.29) is 0 Å². The monoisotopic (exact) mass is 281 g/mol. The van der Waals surface area contributed by atoms with Crippen LogP contribution in [0.4, 0.5) is 0 Å². The molecule has 1 N–H and O–H groups in total. The van der Waals surface area contributed by atoms with Gasteiger partial charge >= 0.3 is 0 Å². The number of fused-ring (bicyclic) bond motifs is 1. The SMILES string of the molecule is c1cnc2cc(-c3nc(C4CCNCC4)no3)ccc2n1. The highest BCUT2D eigenvalue weighted by molar-refractivity contribution is 5.79. The summed E-state index contributed by atoms with van der Waals surface area (Å²) in [6, 6.07) is 5.80. The Bertz CT molecular complexity index is 763. The first-order valence-corrected chi connectivity index (χ1v) is 7.15. The van der Waals surface area contributed by atoms with Crippen molar-refractivity contribution < 1.29 is 4.52 Å². The molecule has 0 amide bonds. The summed E-state index contributed by atoms with van der Waals surface area (Å²) in [5, 5.41) is 7.49. The van der Waals surface area contributed by atoms with E-state index in [1.807, 2.05) is 18.2 Å². The number of benzene rings is 1. The Balaban J connectivity index is 1.67. The summed E-state index contributed by atoms with van der Waals surface area (Å²) in [6.07, 6.45) is 5.48. The number of rotatable bonds is 2. The molecule has 21 heavy (non-hydrogen) atoms. The lowest BCUT2D eigenvalue weighted by molar-refractivity contribution is 0.392. The molecule has 6 heteroatoms. The Labute approximate surface area is 121 Å². The van der Waals surface area contributed by atoms with Crippen LogP contribution in [0, 0.1) is 0 Å². The summed E-state index contributed by atoms with van der Waals surface area (Å²) in [5.74, 6) is 1.76. The molecule has 3 heterocycles. The van der Waals surface area contributed by atoms with Gasteiger partial charge in [0.15, 0.2) is 5.82 Å². The van der Waals surface area contributed by atoms with Gasteiger partial charge in [0.05, 0.1) is 11.0 Å². The van der Waals surface area contributed by atoms with E-state index >= 15 is 0 Å². The van der Waals surface area contributed by atoms with Crippen molar-refractivity contribution in [1.82, 2.24) is 25.4 Å². The third-order valence-corrected chi connectivity index (χ3v) is 3.86. The molecule has 1 aromatic carbocycles. The van der Waals surface area contributed by atoms with Crippen LogP contribution in [0.2, 0.25) is 0 Å². The van der Waals surface area contributed by atoms with Crippen LogP contribution in [-0.2, 0) is 0 Å². The van der Waals surface area contributed by atoms with Crippen molar-refractivity contribution in [2.75, 3.05) is 13.1 Å². The molecular weight excluding hydrogens is 266 g/mol. The summed E-state index contributed by atoms with van der Waals surface area (Å²) in [7, 11) is 0. The standard InChI is InChI=1S/C15H15N5O/c1-2-12-13(18-8-7-17-12)9-11(1)15-19-14(20-21-15)10-3-5-16-6-4-10/h1-2,7-10,16H,3-6H2. The van der Waals surface area contributed by atoms with E-state index in [1.165, 1.54) is 0 Å². The van der Waals surface area contributed by atoms with Gasteiger partial charge in [-0.2, -0.15) is 4.98 Å². The van der Waals surface area contributed by atoms with Crippen LogP contribution in [0.1, 0.15) is 24.6 Å². The maximum Gasteiger partial charge on any atom is 0.258 e. The highest BCUT2D eigenvalue weighted by Crippen LogP contribution is 2.26. The number of hydrogen-bond acceptors (Lipinski definition) is 6. The zero-order chi connectivity index (χ0) is 14.1. The molecule has 0 unspecified atom stereocenters. The van der Waals surface area contributed by atoms with E-state index in [9.17, 15) is 0 Å². The van der Waals surface area contributed by atoms with Crippen molar-refractivity contribution in [2.24, 2.45) is 0 Å². The van der Waals surface area contributed by atoms with E-state index < -0.39 is 0 Å². The molecule has 1 fully saturated rings. The predicted molar refractivity (Wildman–Crippen MR) is 77.7 cm³/mol. The second-order valence-corrected chi connectivity index (χ2v) is 5.24. The fourth-order valence-corrected chi connectivity index (χ4v) is 2.69. The molecular formula is C15H15N5O. The average Bonchev–Trinajstić information content (AvgIpc) is 3.05. The van der Waals surface area contributed by atoms with Crippen LogP contribution in [0.25, 0.3) is 22.5 Å². The largest absolute Gasteiger partial charge is 0.334 e. The van der Waals surface area contributed by atoms with Gasteiger partial charge in [-0.15, -0.1) is 0 Å². The summed E-state index contributed by atoms with van der Waals surface area (Å²) in [5.41, 5.74) is 2.58. The van der Waals surface area contributed by atoms with Crippen LogP contribution in [0.3, 0.4) is 0 Å².